The molecule has 2 rings (SSSR count). The summed E-state index contributed by atoms with van der Waals surface area (Å²) in [5.74, 6) is 0. The van der Waals surface area contributed by atoms with Gasteiger partial charge in [0.2, 0.25) is 6.23 Å². The van der Waals surface area contributed by atoms with Crippen molar-refractivity contribution in [3.05, 3.63) is 12.2 Å². The number of nitrogens with zero attached hydrogens (tertiary/aromatic N) is 1. The molecule has 0 spiro atoms. The highest BCUT2D eigenvalue weighted by Crippen LogP contribution is 2.30. The molecule has 14 heavy (non-hydrogen) atoms. The van der Waals surface area contributed by atoms with Gasteiger partial charge < -0.3 is 10.4 Å². The van der Waals surface area contributed by atoms with Crippen LogP contribution in [0.5, 0.6) is 0 Å². The molecule has 0 aromatic rings. The molecule has 0 aliphatic carbocycles. The van der Waals surface area contributed by atoms with Crippen LogP contribution >= 0.6 is 0 Å². The van der Waals surface area contributed by atoms with Crippen LogP contribution in [0.25, 0.3) is 0 Å². The van der Waals surface area contributed by atoms with E-state index < -0.39 is 12.4 Å². The second-order valence-corrected chi connectivity index (χ2v) is 3.54. The van der Waals surface area contributed by atoms with Gasteiger partial charge in [0, 0.05) is 25.2 Å². The highest BCUT2D eigenvalue weighted by Gasteiger charge is 2.48. The van der Waals surface area contributed by atoms with Gasteiger partial charge in [-0.25, -0.2) is 0 Å². The van der Waals surface area contributed by atoms with Crippen molar-refractivity contribution in [1.29, 1.82) is 0 Å². The molecule has 6 heteroatoms. The predicted octanol–water partition coefficient (Wildman–Crippen LogP) is 0.0793. The average molecular weight is 208 g/mol. The van der Waals surface area contributed by atoms with Crippen molar-refractivity contribution in [3.8, 4) is 0 Å². The molecule has 2 bridgehead atoms. The molecule has 0 saturated carbocycles. The Hall–Kier alpha value is -0.590. The van der Waals surface area contributed by atoms with Crippen molar-refractivity contribution < 1.29 is 18.3 Å². The number of hydrogen-bond donors (Lipinski definition) is 2. The minimum Gasteiger partial charge on any atom is -0.370 e. The Kier molecular flexibility index (Phi) is 2.29. The van der Waals surface area contributed by atoms with E-state index in [-0.39, 0.29) is 12.1 Å². The van der Waals surface area contributed by atoms with Gasteiger partial charge >= 0.3 is 6.18 Å². The normalized spacial score (nSPS) is 34.9. The minimum atomic E-state index is -4.57. The second kappa shape index (κ2) is 3.22. The quantitative estimate of drug-likeness (QED) is 0.599. The van der Waals surface area contributed by atoms with Gasteiger partial charge in [0.25, 0.3) is 0 Å². The topological polar surface area (TPSA) is 35.5 Å². The fourth-order valence-electron chi connectivity index (χ4n) is 1.96. The first-order chi connectivity index (χ1) is 6.50. The predicted molar refractivity (Wildman–Crippen MR) is 43.5 cm³/mol. The van der Waals surface area contributed by atoms with Gasteiger partial charge in [-0.1, -0.05) is 12.2 Å². The summed E-state index contributed by atoms with van der Waals surface area (Å²) in [7, 11) is 0. The third kappa shape index (κ3) is 1.53. The molecular formula is C8H11F3N2O. The van der Waals surface area contributed by atoms with E-state index >= 15 is 0 Å². The third-order valence-corrected chi connectivity index (χ3v) is 2.60. The molecule has 1 fully saturated rings. The molecule has 0 aromatic carbocycles. The summed E-state index contributed by atoms with van der Waals surface area (Å²) in [6, 6.07) is -0.684. The Labute approximate surface area is 79.2 Å². The lowest BCUT2D eigenvalue weighted by molar-refractivity contribution is -0.258. The van der Waals surface area contributed by atoms with Crippen molar-refractivity contribution >= 4 is 0 Å². The van der Waals surface area contributed by atoms with Crippen LogP contribution < -0.4 is 5.32 Å². The summed E-state index contributed by atoms with van der Waals surface area (Å²) in [4.78, 5) is 1.09. The van der Waals surface area contributed by atoms with Gasteiger partial charge in [-0.05, 0) is 0 Å². The average Bonchev–Trinajstić information content (AvgIpc) is 2.32. The van der Waals surface area contributed by atoms with Crippen LogP contribution in [0.15, 0.2) is 12.2 Å². The zero-order chi connectivity index (χ0) is 10.3. The lowest BCUT2D eigenvalue weighted by Crippen LogP contribution is -2.60. The van der Waals surface area contributed by atoms with E-state index in [1.165, 1.54) is 0 Å². The Bertz CT molecular complexity index is 239. The summed E-state index contributed by atoms with van der Waals surface area (Å²) < 4.78 is 36.8. The highest BCUT2D eigenvalue weighted by atomic mass is 19.4. The molecule has 80 valence electrons. The molecule has 0 aromatic heterocycles. The van der Waals surface area contributed by atoms with E-state index in [2.05, 4.69) is 5.32 Å². The fraction of sp³-hybridized carbons (Fsp3) is 0.750. The SMILES string of the molecule is OC(N1C2C=CC1CNC2)C(F)(F)F. The number of rotatable bonds is 1. The van der Waals surface area contributed by atoms with Crippen LogP contribution in [0.4, 0.5) is 13.2 Å². The molecule has 2 heterocycles. The number of nitrogens with one attached hydrogen (secondary N) is 1. The number of halogens is 3. The Morgan fingerprint density at radius 2 is 1.79 bits per heavy atom. The molecule has 2 aliphatic heterocycles. The minimum absolute atomic E-state index is 0.342. The van der Waals surface area contributed by atoms with Crippen LogP contribution in [0, 0.1) is 0 Å². The van der Waals surface area contributed by atoms with Crippen molar-refractivity contribution in [2.45, 2.75) is 24.5 Å². The fourth-order valence-corrected chi connectivity index (χ4v) is 1.96. The Morgan fingerprint density at radius 1 is 1.29 bits per heavy atom. The number of aliphatic hydroxyl groups is 1. The zero-order valence-corrected chi connectivity index (χ0v) is 7.33. The van der Waals surface area contributed by atoms with Gasteiger partial charge in [-0.2, -0.15) is 13.2 Å². The number of hydrogen-bond acceptors (Lipinski definition) is 3. The number of aliphatic hydroxyl groups excluding tert-OH is 1. The molecule has 2 aliphatic rings. The first-order valence-corrected chi connectivity index (χ1v) is 4.41. The first-order valence-electron chi connectivity index (χ1n) is 4.41. The van der Waals surface area contributed by atoms with E-state index in [1.807, 2.05) is 0 Å². The smallest absolute Gasteiger partial charge is 0.370 e. The number of piperazine rings is 1. The number of fused-ring (bicyclic) bond motifs is 2. The van der Waals surface area contributed by atoms with Gasteiger partial charge in [0.1, 0.15) is 0 Å². The molecule has 3 nitrogen and oxygen atoms in total. The highest BCUT2D eigenvalue weighted by molar-refractivity contribution is 5.15. The Balaban J connectivity index is 2.13. The number of alkyl halides is 3. The van der Waals surface area contributed by atoms with E-state index in [0.29, 0.717) is 13.1 Å². The molecule has 0 radical (unpaired) electrons. The van der Waals surface area contributed by atoms with Crippen LogP contribution in [-0.4, -0.2) is 47.6 Å². The van der Waals surface area contributed by atoms with Gasteiger partial charge in [-0.15, -0.1) is 0 Å². The summed E-state index contributed by atoms with van der Waals surface area (Å²) in [6.45, 7) is 0.917. The van der Waals surface area contributed by atoms with Crippen LogP contribution in [0.3, 0.4) is 0 Å². The van der Waals surface area contributed by atoms with Gasteiger partial charge in [0.05, 0.1) is 0 Å². The van der Waals surface area contributed by atoms with Gasteiger partial charge in [0.15, 0.2) is 0 Å². The molecular weight excluding hydrogens is 197 g/mol. The van der Waals surface area contributed by atoms with Crippen LogP contribution in [0.1, 0.15) is 0 Å². The summed E-state index contributed by atoms with van der Waals surface area (Å²) in [5, 5.41) is 12.1. The van der Waals surface area contributed by atoms with Crippen molar-refractivity contribution in [2.24, 2.45) is 0 Å². The molecule has 3 unspecified atom stereocenters. The maximum absolute atomic E-state index is 12.3. The van der Waals surface area contributed by atoms with Crippen LogP contribution in [-0.2, 0) is 0 Å². The molecule has 3 atom stereocenters. The van der Waals surface area contributed by atoms with E-state index in [4.69, 9.17) is 5.11 Å². The lowest BCUT2D eigenvalue weighted by atomic mass is 10.2. The van der Waals surface area contributed by atoms with Crippen LogP contribution in [0.2, 0.25) is 0 Å². The largest absolute Gasteiger partial charge is 0.428 e. The summed E-state index contributed by atoms with van der Waals surface area (Å²) in [6.07, 6.45) is -3.51. The van der Waals surface area contributed by atoms with E-state index in [9.17, 15) is 13.2 Å². The molecule has 1 saturated heterocycles. The summed E-state index contributed by atoms with van der Waals surface area (Å²) >= 11 is 0. The molecule has 2 N–H and O–H groups in total. The summed E-state index contributed by atoms with van der Waals surface area (Å²) in [5.41, 5.74) is 0. The third-order valence-electron chi connectivity index (χ3n) is 2.60. The van der Waals surface area contributed by atoms with Crippen molar-refractivity contribution in [3.63, 3.8) is 0 Å². The standard InChI is InChI=1S/C8H11F3N2O/c9-8(10,11)7(14)13-5-1-2-6(13)4-12-3-5/h1-2,5-7,12,14H,3-4H2. The van der Waals surface area contributed by atoms with E-state index in [1.54, 1.807) is 12.2 Å². The second-order valence-electron chi connectivity index (χ2n) is 3.54. The maximum atomic E-state index is 12.3. The van der Waals surface area contributed by atoms with E-state index in [0.717, 1.165) is 4.90 Å². The Morgan fingerprint density at radius 3 is 2.21 bits per heavy atom. The maximum Gasteiger partial charge on any atom is 0.428 e. The molecule has 0 amide bonds. The van der Waals surface area contributed by atoms with Crippen molar-refractivity contribution in [2.75, 3.05) is 13.1 Å². The van der Waals surface area contributed by atoms with Crippen molar-refractivity contribution in [1.82, 2.24) is 10.2 Å². The van der Waals surface area contributed by atoms with Gasteiger partial charge in [-0.3, -0.25) is 4.90 Å². The lowest BCUT2D eigenvalue weighted by Gasteiger charge is -2.39. The zero-order valence-electron chi connectivity index (χ0n) is 7.33. The monoisotopic (exact) mass is 208 g/mol. The first kappa shape index (κ1) is 9.95.